The maximum Gasteiger partial charge on any atom is 0.153 e. The molecule has 1 unspecified atom stereocenters. The second-order valence-corrected chi connectivity index (χ2v) is 6.07. The highest BCUT2D eigenvalue weighted by atomic mass is 32.2. The van der Waals surface area contributed by atoms with Gasteiger partial charge in [0.15, 0.2) is 9.84 Å². The van der Waals surface area contributed by atoms with Crippen molar-refractivity contribution in [1.82, 2.24) is 5.32 Å². The van der Waals surface area contributed by atoms with Gasteiger partial charge in [0, 0.05) is 6.04 Å². The molecular formula is C10H19NO2S. The Kier molecular flexibility index (Phi) is 4.62. The monoisotopic (exact) mass is 217 g/mol. The summed E-state index contributed by atoms with van der Waals surface area (Å²) in [5.41, 5.74) is 0. The molecule has 1 fully saturated rings. The zero-order chi connectivity index (χ0) is 10.4. The topological polar surface area (TPSA) is 46.2 Å². The van der Waals surface area contributed by atoms with Gasteiger partial charge in [0.25, 0.3) is 0 Å². The second-order valence-electron chi connectivity index (χ2n) is 3.84. The number of hydrogen-bond acceptors (Lipinski definition) is 3. The lowest BCUT2D eigenvalue weighted by molar-refractivity contribution is 0.393. The Bertz CT molecular complexity index is 266. The van der Waals surface area contributed by atoms with E-state index in [4.69, 9.17) is 0 Å². The van der Waals surface area contributed by atoms with Crippen LogP contribution < -0.4 is 5.32 Å². The average molecular weight is 217 g/mol. The molecule has 0 saturated carbocycles. The highest BCUT2D eigenvalue weighted by Crippen LogP contribution is 2.11. The molecule has 0 bridgehead atoms. The number of sulfone groups is 1. The fourth-order valence-corrected chi connectivity index (χ4v) is 2.92. The Balaban J connectivity index is 2.28. The number of rotatable bonds is 5. The summed E-state index contributed by atoms with van der Waals surface area (Å²) in [4.78, 5) is 0. The maximum absolute atomic E-state index is 11.4. The van der Waals surface area contributed by atoms with Crippen LogP contribution in [0.25, 0.3) is 0 Å². The Labute approximate surface area is 86.5 Å². The third-order valence-electron chi connectivity index (χ3n) is 2.56. The normalized spacial score (nSPS) is 23.3. The molecule has 0 aromatic rings. The van der Waals surface area contributed by atoms with Gasteiger partial charge in [0.1, 0.15) is 0 Å². The lowest BCUT2D eigenvalue weighted by Crippen LogP contribution is -2.35. The summed E-state index contributed by atoms with van der Waals surface area (Å²) in [6, 6.07) is 0.406. The van der Waals surface area contributed by atoms with Gasteiger partial charge in [-0.05, 0) is 25.8 Å². The first-order valence-electron chi connectivity index (χ1n) is 5.19. The van der Waals surface area contributed by atoms with Gasteiger partial charge in [-0.25, -0.2) is 8.42 Å². The van der Waals surface area contributed by atoms with E-state index in [1.807, 2.05) is 0 Å². The van der Waals surface area contributed by atoms with E-state index >= 15 is 0 Å². The molecule has 82 valence electrons. The summed E-state index contributed by atoms with van der Waals surface area (Å²) in [7, 11) is -2.89. The minimum atomic E-state index is -2.89. The molecule has 0 spiro atoms. The van der Waals surface area contributed by atoms with E-state index in [1.165, 1.54) is 18.9 Å². The molecule has 0 aromatic carbocycles. The number of nitrogens with one attached hydrogen (secondary N) is 1. The lowest BCUT2D eigenvalue weighted by Gasteiger charge is -2.23. The fraction of sp³-hybridized carbons (Fsp3) is 0.800. The predicted octanol–water partition coefficient (Wildman–Crippen LogP) is 1.12. The molecule has 0 aliphatic carbocycles. The number of hydrogen-bond donors (Lipinski definition) is 1. The van der Waals surface area contributed by atoms with Crippen LogP contribution in [0.2, 0.25) is 0 Å². The molecule has 1 atom stereocenters. The highest BCUT2D eigenvalue weighted by molar-refractivity contribution is 7.91. The van der Waals surface area contributed by atoms with Crippen LogP contribution in [0.5, 0.6) is 0 Å². The van der Waals surface area contributed by atoms with Gasteiger partial charge in [0.05, 0.1) is 11.5 Å². The van der Waals surface area contributed by atoms with E-state index in [0.717, 1.165) is 19.4 Å². The van der Waals surface area contributed by atoms with Gasteiger partial charge >= 0.3 is 0 Å². The second kappa shape index (κ2) is 5.51. The first kappa shape index (κ1) is 11.7. The zero-order valence-electron chi connectivity index (χ0n) is 8.54. The van der Waals surface area contributed by atoms with Crippen molar-refractivity contribution in [3.05, 3.63) is 12.7 Å². The van der Waals surface area contributed by atoms with Crippen molar-refractivity contribution in [2.24, 2.45) is 0 Å². The zero-order valence-corrected chi connectivity index (χ0v) is 9.35. The Hall–Kier alpha value is -0.350. The summed E-state index contributed by atoms with van der Waals surface area (Å²) in [6.07, 6.45) is 5.76. The van der Waals surface area contributed by atoms with E-state index in [2.05, 4.69) is 11.9 Å². The average Bonchev–Trinajstić information content (AvgIpc) is 2.17. The smallest absolute Gasteiger partial charge is 0.153 e. The molecule has 4 heteroatoms. The van der Waals surface area contributed by atoms with Gasteiger partial charge in [-0.15, -0.1) is 6.58 Å². The minimum absolute atomic E-state index is 0.111. The molecule has 1 rings (SSSR count). The molecule has 3 nitrogen and oxygen atoms in total. The lowest BCUT2D eigenvalue weighted by atomic mass is 10.0. The van der Waals surface area contributed by atoms with Crippen molar-refractivity contribution in [2.75, 3.05) is 18.1 Å². The molecule has 0 aromatic heterocycles. The summed E-state index contributed by atoms with van der Waals surface area (Å²) >= 11 is 0. The van der Waals surface area contributed by atoms with Gasteiger partial charge in [-0.2, -0.15) is 0 Å². The van der Waals surface area contributed by atoms with Crippen molar-refractivity contribution in [1.29, 1.82) is 0 Å². The fourth-order valence-electron chi connectivity index (χ4n) is 1.76. The minimum Gasteiger partial charge on any atom is -0.314 e. The van der Waals surface area contributed by atoms with E-state index in [9.17, 15) is 8.42 Å². The maximum atomic E-state index is 11.4. The first-order valence-corrected chi connectivity index (χ1v) is 7.01. The molecule has 0 amide bonds. The van der Waals surface area contributed by atoms with Crippen LogP contribution in [0, 0.1) is 0 Å². The molecule has 1 N–H and O–H groups in total. The quantitative estimate of drug-likeness (QED) is 0.702. The predicted molar refractivity (Wildman–Crippen MR) is 59.1 cm³/mol. The largest absolute Gasteiger partial charge is 0.314 e. The Morgan fingerprint density at radius 2 is 2.21 bits per heavy atom. The summed E-state index contributed by atoms with van der Waals surface area (Å²) in [5, 5.41) is 3.34. The van der Waals surface area contributed by atoms with Crippen molar-refractivity contribution in [3.8, 4) is 0 Å². The molecule has 14 heavy (non-hydrogen) atoms. The van der Waals surface area contributed by atoms with E-state index < -0.39 is 9.84 Å². The van der Waals surface area contributed by atoms with Crippen molar-refractivity contribution >= 4 is 9.84 Å². The molecule has 1 aliphatic heterocycles. The van der Waals surface area contributed by atoms with Crippen molar-refractivity contribution in [3.63, 3.8) is 0 Å². The number of piperidine rings is 1. The standard InChI is InChI=1S/C10H19NO2S/c1-2-8-14(12,13)9-6-10-5-3-4-7-11-10/h2,10-11H,1,3-9H2. The van der Waals surface area contributed by atoms with Crippen LogP contribution in [0.4, 0.5) is 0 Å². The van der Waals surface area contributed by atoms with Crippen LogP contribution in [0.3, 0.4) is 0 Å². The first-order chi connectivity index (χ1) is 6.64. The summed E-state index contributed by atoms with van der Waals surface area (Å²) < 4.78 is 22.7. The molecule has 1 aliphatic rings. The SMILES string of the molecule is C=CCS(=O)(=O)CCC1CCCCN1. The molecule has 1 saturated heterocycles. The van der Waals surface area contributed by atoms with Crippen molar-refractivity contribution in [2.45, 2.75) is 31.7 Å². The van der Waals surface area contributed by atoms with Crippen LogP contribution >= 0.6 is 0 Å². The van der Waals surface area contributed by atoms with Gasteiger partial charge in [0.2, 0.25) is 0 Å². The molecule has 0 radical (unpaired) electrons. The van der Waals surface area contributed by atoms with Crippen LogP contribution in [-0.2, 0) is 9.84 Å². The van der Waals surface area contributed by atoms with E-state index in [1.54, 1.807) is 0 Å². The molecule has 1 heterocycles. The summed E-state index contributed by atoms with van der Waals surface area (Å²) in [5.74, 6) is 0.399. The van der Waals surface area contributed by atoms with E-state index in [0.29, 0.717) is 6.04 Å². The van der Waals surface area contributed by atoms with Gasteiger partial charge < -0.3 is 5.32 Å². The highest BCUT2D eigenvalue weighted by Gasteiger charge is 2.16. The van der Waals surface area contributed by atoms with Crippen molar-refractivity contribution < 1.29 is 8.42 Å². The van der Waals surface area contributed by atoms with Crippen LogP contribution in [0.1, 0.15) is 25.7 Å². The van der Waals surface area contributed by atoms with Crippen LogP contribution in [-0.4, -0.2) is 32.5 Å². The third kappa shape index (κ3) is 4.24. The Morgan fingerprint density at radius 3 is 2.79 bits per heavy atom. The Morgan fingerprint density at radius 1 is 1.43 bits per heavy atom. The summed E-state index contributed by atoms with van der Waals surface area (Å²) in [6.45, 7) is 4.48. The van der Waals surface area contributed by atoms with Crippen LogP contribution in [0.15, 0.2) is 12.7 Å². The molecular weight excluding hydrogens is 198 g/mol. The van der Waals surface area contributed by atoms with Gasteiger partial charge in [-0.1, -0.05) is 12.5 Å². The van der Waals surface area contributed by atoms with Gasteiger partial charge in [-0.3, -0.25) is 0 Å². The third-order valence-corrected chi connectivity index (χ3v) is 4.16. The van der Waals surface area contributed by atoms with E-state index in [-0.39, 0.29) is 11.5 Å².